The molecule has 5 rings (SSSR count). The fourth-order valence-corrected chi connectivity index (χ4v) is 3.02. The van der Waals surface area contributed by atoms with Gasteiger partial charge in [0, 0.05) is 6.42 Å². The van der Waals surface area contributed by atoms with E-state index in [0.717, 1.165) is 12.1 Å². The molecular formula is C16H7F3N6O. The van der Waals surface area contributed by atoms with E-state index in [1.807, 2.05) is 0 Å². The number of fused-ring (bicyclic) bond motifs is 5. The zero-order chi connectivity index (χ0) is 17.9. The van der Waals surface area contributed by atoms with E-state index in [2.05, 4.69) is 32.7 Å². The molecule has 0 saturated carbocycles. The van der Waals surface area contributed by atoms with Crippen molar-refractivity contribution in [3.05, 3.63) is 60.1 Å². The van der Waals surface area contributed by atoms with Crippen molar-refractivity contribution >= 4 is 0 Å². The first kappa shape index (κ1) is 14.7. The van der Waals surface area contributed by atoms with Crippen molar-refractivity contribution in [2.24, 2.45) is 0 Å². The highest BCUT2D eigenvalue weighted by Gasteiger charge is 2.33. The molecule has 0 atom stereocenters. The summed E-state index contributed by atoms with van der Waals surface area (Å²) in [6.07, 6.45) is 3.72. The van der Waals surface area contributed by atoms with Crippen LogP contribution in [-0.2, 0) is 12.6 Å². The van der Waals surface area contributed by atoms with Crippen molar-refractivity contribution in [2.45, 2.75) is 12.6 Å². The molecule has 1 aliphatic rings. The maximum Gasteiger partial charge on any atom is 0.416 e. The molecule has 0 aliphatic carbocycles. The Morgan fingerprint density at radius 1 is 1.19 bits per heavy atom. The van der Waals surface area contributed by atoms with Crippen LogP contribution in [0.15, 0.2) is 35.1 Å². The van der Waals surface area contributed by atoms with Gasteiger partial charge in [-0.15, -0.1) is 5.10 Å². The van der Waals surface area contributed by atoms with Crippen LogP contribution in [0.3, 0.4) is 0 Å². The van der Waals surface area contributed by atoms with Crippen LogP contribution in [0.1, 0.15) is 17.0 Å². The Balaban J connectivity index is 1.79. The number of nitrogens with zero attached hydrogens (tertiary/aromatic N) is 6. The molecule has 128 valence electrons. The minimum absolute atomic E-state index is 0.230. The molecular weight excluding hydrogens is 349 g/mol. The molecule has 1 aromatic carbocycles. The lowest BCUT2D eigenvalue weighted by atomic mass is 10.1. The molecule has 26 heavy (non-hydrogen) atoms. The maximum atomic E-state index is 13.2. The number of benzene rings is 1. The Hall–Kier alpha value is -3.61. The quantitative estimate of drug-likeness (QED) is 0.462. The predicted octanol–water partition coefficient (Wildman–Crippen LogP) is 2.63. The highest BCUT2D eigenvalue weighted by atomic mass is 19.4. The molecule has 4 aromatic rings. The largest absolute Gasteiger partial charge is 0.416 e. The van der Waals surface area contributed by atoms with Crippen molar-refractivity contribution in [2.75, 3.05) is 0 Å². The molecule has 7 nitrogen and oxygen atoms in total. The number of imidazole rings is 1. The summed E-state index contributed by atoms with van der Waals surface area (Å²) in [6.45, 7) is 0. The minimum Gasteiger partial charge on any atom is -0.382 e. The van der Waals surface area contributed by atoms with Gasteiger partial charge in [0.15, 0.2) is 0 Å². The van der Waals surface area contributed by atoms with Gasteiger partial charge < -0.3 is 4.42 Å². The molecule has 0 amide bonds. The van der Waals surface area contributed by atoms with Crippen molar-refractivity contribution in [1.82, 2.24) is 29.5 Å². The van der Waals surface area contributed by atoms with Crippen LogP contribution in [0.5, 0.6) is 0 Å². The Bertz CT molecular complexity index is 1110. The van der Waals surface area contributed by atoms with Gasteiger partial charge in [0.25, 0.3) is 5.89 Å². The molecule has 0 radical (unpaired) electrons. The monoisotopic (exact) mass is 356 g/mol. The normalized spacial score (nSPS) is 12.7. The van der Waals surface area contributed by atoms with Gasteiger partial charge in [-0.05, 0) is 18.2 Å². The van der Waals surface area contributed by atoms with Crippen LogP contribution in [0.4, 0.5) is 13.2 Å². The summed E-state index contributed by atoms with van der Waals surface area (Å²) in [6, 6.07) is 3.46. The smallest absolute Gasteiger partial charge is 0.382 e. The number of hydrogen-bond acceptors (Lipinski definition) is 5. The van der Waals surface area contributed by atoms with Gasteiger partial charge in [-0.1, -0.05) is 5.21 Å². The van der Waals surface area contributed by atoms with E-state index in [0.29, 0.717) is 29.2 Å². The van der Waals surface area contributed by atoms with E-state index >= 15 is 0 Å². The van der Waals surface area contributed by atoms with Crippen molar-refractivity contribution in [3.63, 3.8) is 0 Å². The third-order valence-electron chi connectivity index (χ3n) is 4.18. The fraction of sp³-hybridized carbons (Fsp3) is 0.125. The molecule has 0 saturated heterocycles. The summed E-state index contributed by atoms with van der Waals surface area (Å²) in [4.78, 5) is 8.24. The van der Waals surface area contributed by atoms with E-state index in [1.54, 1.807) is 4.57 Å². The van der Waals surface area contributed by atoms with E-state index in [1.165, 1.54) is 23.3 Å². The second-order valence-corrected chi connectivity index (χ2v) is 5.66. The summed E-state index contributed by atoms with van der Waals surface area (Å²) in [5.74, 6) is 0.230. The lowest BCUT2D eigenvalue weighted by Gasteiger charge is -2.13. The van der Waals surface area contributed by atoms with Crippen molar-refractivity contribution in [1.29, 1.82) is 0 Å². The van der Waals surface area contributed by atoms with Crippen LogP contribution < -0.4 is 0 Å². The lowest BCUT2D eigenvalue weighted by molar-refractivity contribution is -0.137. The summed E-state index contributed by atoms with van der Waals surface area (Å²) < 4.78 is 47.7. The molecule has 0 fully saturated rings. The van der Waals surface area contributed by atoms with Crippen LogP contribution in [-0.4, -0.2) is 29.5 Å². The van der Waals surface area contributed by atoms with Crippen LogP contribution in [0.25, 0.3) is 23.0 Å². The average Bonchev–Trinajstić information content (AvgIpc) is 3.33. The van der Waals surface area contributed by atoms with Crippen LogP contribution >= 0.6 is 0 Å². The van der Waals surface area contributed by atoms with Gasteiger partial charge in [0.05, 0.1) is 40.7 Å². The average molecular weight is 356 g/mol. The first-order valence-corrected chi connectivity index (χ1v) is 7.45. The maximum absolute atomic E-state index is 13.2. The van der Waals surface area contributed by atoms with Crippen LogP contribution in [0, 0.1) is 12.5 Å². The molecule has 0 N–H and O–H groups in total. The lowest BCUT2D eigenvalue weighted by Crippen LogP contribution is -2.09. The number of hydrogen-bond donors (Lipinski definition) is 0. The molecule has 3 aromatic heterocycles. The molecule has 10 heteroatoms. The first-order valence-electron chi connectivity index (χ1n) is 7.45. The zero-order valence-electron chi connectivity index (χ0n) is 12.8. The Morgan fingerprint density at radius 3 is 2.85 bits per heavy atom. The molecule has 1 aliphatic heterocycles. The zero-order valence-corrected chi connectivity index (χ0v) is 12.8. The van der Waals surface area contributed by atoms with Gasteiger partial charge in [-0.25, -0.2) is 9.67 Å². The summed E-state index contributed by atoms with van der Waals surface area (Å²) in [5, 5.41) is 7.79. The summed E-state index contributed by atoms with van der Waals surface area (Å²) >= 11 is 0. The Labute approximate surface area is 143 Å². The third kappa shape index (κ3) is 2.03. The van der Waals surface area contributed by atoms with Crippen molar-refractivity contribution < 1.29 is 17.6 Å². The minimum atomic E-state index is -4.46. The number of rotatable bonds is 1. The van der Waals surface area contributed by atoms with E-state index in [9.17, 15) is 13.2 Å². The molecule has 0 bridgehead atoms. The van der Waals surface area contributed by atoms with Gasteiger partial charge >= 0.3 is 6.18 Å². The van der Waals surface area contributed by atoms with Gasteiger partial charge in [0.2, 0.25) is 0 Å². The van der Waals surface area contributed by atoms with Gasteiger partial charge in [0.1, 0.15) is 18.3 Å². The number of halogens is 3. The second-order valence-electron chi connectivity index (χ2n) is 5.66. The fourth-order valence-electron chi connectivity index (χ4n) is 3.02. The van der Waals surface area contributed by atoms with Gasteiger partial charge in [-0.3, -0.25) is 4.57 Å². The van der Waals surface area contributed by atoms with Crippen molar-refractivity contribution in [3.8, 4) is 23.0 Å². The van der Waals surface area contributed by atoms with E-state index in [4.69, 9.17) is 4.42 Å². The first-order chi connectivity index (χ1) is 12.5. The number of aromatic nitrogens is 6. The number of alkyl halides is 3. The van der Waals surface area contributed by atoms with E-state index in [-0.39, 0.29) is 11.6 Å². The second kappa shape index (κ2) is 4.95. The Morgan fingerprint density at radius 2 is 2.08 bits per heavy atom. The molecule has 0 spiro atoms. The summed E-state index contributed by atoms with van der Waals surface area (Å²) in [5.41, 5.74) is 1.76. The predicted molar refractivity (Wildman–Crippen MR) is 79.5 cm³/mol. The summed E-state index contributed by atoms with van der Waals surface area (Å²) in [7, 11) is 0. The highest BCUT2D eigenvalue weighted by molar-refractivity contribution is 5.62. The van der Waals surface area contributed by atoms with Gasteiger partial charge in [-0.2, -0.15) is 18.2 Å². The standard InChI is InChI=1S/C16H7F3N6O/c17-16(18,19)9-1-2-11-12(5-9)25-10(7-22-23-25)6-13-14(21-8-24(11)13)15-20-3-4-26-15/h1-2,5,7-8H,6H2. The topological polar surface area (TPSA) is 74.6 Å². The van der Waals surface area contributed by atoms with Crippen LogP contribution in [0.2, 0.25) is 0 Å². The third-order valence-corrected chi connectivity index (χ3v) is 4.18. The highest BCUT2D eigenvalue weighted by Crippen LogP contribution is 2.36. The molecule has 4 heterocycles. The van der Waals surface area contributed by atoms with E-state index < -0.39 is 11.7 Å². The SMILES string of the molecule is FC(F)(F)c1ccc2c(c1)-n1nncc1Cc1c(-c3nc#co3)ncn1-2. The molecule has 0 unspecified atom stereocenters. The Kier molecular flexibility index (Phi) is 2.80.